The van der Waals surface area contributed by atoms with Gasteiger partial charge in [0.1, 0.15) is 0 Å². The normalized spacial score (nSPS) is 11.1. The second-order valence-electron chi connectivity index (χ2n) is 3.81. The van der Waals surface area contributed by atoms with E-state index in [1.807, 2.05) is 32.0 Å². The highest BCUT2D eigenvalue weighted by atomic mass is 16.7. The fraction of sp³-hybridized carbons (Fsp3) is 0.643. The lowest BCUT2D eigenvalue weighted by molar-refractivity contribution is -0.146. The zero-order chi connectivity index (χ0) is 13.1. The smallest absolute Gasteiger partial charge is 0.159 e. The van der Waals surface area contributed by atoms with Crippen LogP contribution in [0.3, 0.4) is 0 Å². The summed E-state index contributed by atoms with van der Waals surface area (Å²) in [5.74, 6) is 0. The largest absolute Gasteiger partial charge is 0.381 e. The van der Waals surface area contributed by atoms with Gasteiger partial charge < -0.3 is 14.2 Å². The van der Waals surface area contributed by atoms with Gasteiger partial charge in [-0.05, 0) is 26.0 Å². The third kappa shape index (κ3) is 6.69. The maximum Gasteiger partial charge on any atom is 0.159 e. The summed E-state index contributed by atoms with van der Waals surface area (Å²) in [5.41, 5.74) is 1.06. The lowest BCUT2D eigenvalue weighted by Crippen LogP contribution is -2.19. The van der Waals surface area contributed by atoms with Crippen molar-refractivity contribution >= 4 is 0 Å². The van der Waals surface area contributed by atoms with Gasteiger partial charge in [0.2, 0.25) is 0 Å². The van der Waals surface area contributed by atoms with Crippen LogP contribution in [0, 0.1) is 0 Å². The third-order valence-electron chi connectivity index (χ3n) is 2.43. The van der Waals surface area contributed by atoms with Gasteiger partial charge in [-0.1, -0.05) is 6.07 Å². The van der Waals surface area contributed by atoms with Gasteiger partial charge in [0.15, 0.2) is 6.29 Å². The van der Waals surface area contributed by atoms with Crippen LogP contribution in [-0.4, -0.2) is 37.7 Å². The molecule has 0 unspecified atom stereocenters. The summed E-state index contributed by atoms with van der Waals surface area (Å²) in [6.45, 7) is 6.60. The predicted octanol–water partition coefficient (Wildman–Crippen LogP) is 2.43. The molecular weight excluding hydrogens is 230 g/mol. The van der Waals surface area contributed by atoms with Crippen molar-refractivity contribution in [2.24, 2.45) is 0 Å². The third-order valence-corrected chi connectivity index (χ3v) is 2.43. The van der Waals surface area contributed by atoms with Crippen molar-refractivity contribution in [3.05, 3.63) is 30.1 Å². The summed E-state index contributed by atoms with van der Waals surface area (Å²) < 4.78 is 16.4. The molecule has 1 aromatic rings. The molecule has 0 aromatic carbocycles. The molecule has 1 aromatic heterocycles. The fourth-order valence-electron chi connectivity index (χ4n) is 1.59. The zero-order valence-corrected chi connectivity index (χ0v) is 11.3. The van der Waals surface area contributed by atoms with Crippen LogP contribution >= 0.6 is 0 Å². The average molecular weight is 253 g/mol. The molecule has 0 radical (unpaired) electrons. The Morgan fingerprint density at radius 2 is 1.89 bits per heavy atom. The number of ether oxygens (including phenoxy) is 3. The molecule has 0 N–H and O–H groups in total. The summed E-state index contributed by atoms with van der Waals surface area (Å²) in [4.78, 5) is 4.24. The minimum atomic E-state index is -0.144. The molecule has 0 saturated carbocycles. The van der Waals surface area contributed by atoms with Gasteiger partial charge in [0.25, 0.3) is 0 Å². The van der Waals surface area contributed by atoms with Gasteiger partial charge in [-0.15, -0.1) is 0 Å². The Morgan fingerprint density at radius 1 is 1.11 bits per heavy atom. The minimum Gasteiger partial charge on any atom is -0.381 e. The first-order chi connectivity index (χ1) is 8.86. The monoisotopic (exact) mass is 253 g/mol. The van der Waals surface area contributed by atoms with Gasteiger partial charge in [-0.2, -0.15) is 0 Å². The highest BCUT2D eigenvalue weighted by Crippen LogP contribution is 2.02. The minimum absolute atomic E-state index is 0.144. The molecule has 1 rings (SSSR count). The van der Waals surface area contributed by atoms with Crippen LogP contribution in [0.25, 0.3) is 0 Å². The van der Waals surface area contributed by atoms with E-state index in [9.17, 15) is 0 Å². The van der Waals surface area contributed by atoms with Gasteiger partial charge in [-0.25, -0.2) is 0 Å². The van der Waals surface area contributed by atoms with Crippen LogP contribution in [0.5, 0.6) is 0 Å². The first-order valence-electron chi connectivity index (χ1n) is 6.57. The number of nitrogens with zero attached hydrogens (tertiary/aromatic N) is 1. The van der Waals surface area contributed by atoms with E-state index < -0.39 is 0 Å². The molecule has 102 valence electrons. The molecule has 0 amide bonds. The summed E-state index contributed by atoms with van der Waals surface area (Å²) in [6.07, 6.45) is 3.27. The molecule has 0 aliphatic rings. The van der Waals surface area contributed by atoms with E-state index >= 15 is 0 Å². The Morgan fingerprint density at radius 3 is 2.50 bits per heavy atom. The summed E-state index contributed by atoms with van der Waals surface area (Å²) in [6, 6.07) is 5.91. The molecule has 4 nitrogen and oxygen atoms in total. The van der Waals surface area contributed by atoms with Crippen molar-refractivity contribution in [3.8, 4) is 0 Å². The van der Waals surface area contributed by atoms with Crippen LogP contribution in [0.1, 0.15) is 26.0 Å². The second-order valence-corrected chi connectivity index (χ2v) is 3.81. The van der Waals surface area contributed by atoms with Crippen molar-refractivity contribution in [1.82, 2.24) is 4.98 Å². The highest BCUT2D eigenvalue weighted by Gasteiger charge is 2.07. The Bertz CT molecular complexity index is 286. The standard InChI is InChI=1S/C14H23NO3/c1-3-17-14(18-4-2)9-12-16-11-8-13-7-5-6-10-15-13/h5-7,10,14H,3-4,8-9,11-12H2,1-2H3. The molecule has 4 heteroatoms. The van der Waals surface area contributed by atoms with E-state index in [4.69, 9.17) is 14.2 Å². The van der Waals surface area contributed by atoms with Gasteiger partial charge in [-0.3, -0.25) is 4.98 Å². The summed E-state index contributed by atoms with van der Waals surface area (Å²) in [5, 5.41) is 0. The summed E-state index contributed by atoms with van der Waals surface area (Å²) >= 11 is 0. The quantitative estimate of drug-likeness (QED) is 0.474. The number of pyridine rings is 1. The number of aromatic nitrogens is 1. The van der Waals surface area contributed by atoms with Gasteiger partial charge >= 0.3 is 0 Å². The number of rotatable bonds is 10. The maximum atomic E-state index is 5.56. The van der Waals surface area contributed by atoms with Crippen molar-refractivity contribution in [2.75, 3.05) is 26.4 Å². The van der Waals surface area contributed by atoms with E-state index in [2.05, 4.69) is 4.98 Å². The fourth-order valence-corrected chi connectivity index (χ4v) is 1.59. The molecule has 0 bridgehead atoms. The molecule has 1 heterocycles. The zero-order valence-electron chi connectivity index (χ0n) is 11.3. The van der Waals surface area contributed by atoms with E-state index in [1.165, 1.54) is 0 Å². The Labute approximate surface area is 109 Å². The van der Waals surface area contributed by atoms with E-state index in [0.717, 1.165) is 18.5 Å². The Kier molecular flexibility index (Phi) is 8.38. The van der Waals surface area contributed by atoms with Crippen LogP contribution < -0.4 is 0 Å². The van der Waals surface area contributed by atoms with E-state index in [-0.39, 0.29) is 6.29 Å². The van der Waals surface area contributed by atoms with Crippen molar-refractivity contribution < 1.29 is 14.2 Å². The van der Waals surface area contributed by atoms with Crippen molar-refractivity contribution in [2.45, 2.75) is 33.0 Å². The molecule has 18 heavy (non-hydrogen) atoms. The number of hydrogen-bond donors (Lipinski definition) is 0. The van der Waals surface area contributed by atoms with Crippen LogP contribution in [0.15, 0.2) is 24.4 Å². The lowest BCUT2D eigenvalue weighted by Gasteiger charge is -2.16. The van der Waals surface area contributed by atoms with E-state index in [1.54, 1.807) is 6.20 Å². The molecule has 0 fully saturated rings. The predicted molar refractivity (Wildman–Crippen MR) is 70.4 cm³/mol. The Balaban J connectivity index is 2.06. The maximum absolute atomic E-state index is 5.56. The summed E-state index contributed by atoms with van der Waals surface area (Å²) in [7, 11) is 0. The first-order valence-corrected chi connectivity index (χ1v) is 6.57. The number of hydrogen-bond acceptors (Lipinski definition) is 4. The molecule has 0 spiro atoms. The molecule has 0 aliphatic carbocycles. The Hall–Kier alpha value is -0.970. The SMILES string of the molecule is CCOC(CCOCCc1ccccn1)OCC. The van der Waals surface area contributed by atoms with Crippen molar-refractivity contribution in [1.29, 1.82) is 0 Å². The van der Waals surface area contributed by atoms with Crippen molar-refractivity contribution in [3.63, 3.8) is 0 Å². The van der Waals surface area contributed by atoms with Gasteiger partial charge in [0, 0.05) is 37.9 Å². The molecule has 0 atom stereocenters. The van der Waals surface area contributed by atoms with Crippen LogP contribution in [-0.2, 0) is 20.6 Å². The lowest BCUT2D eigenvalue weighted by atomic mass is 10.3. The highest BCUT2D eigenvalue weighted by molar-refractivity contribution is 5.03. The first kappa shape index (κ1) is 15.1. The topological polar surface area (TPSA) is 40.6 Å². The molecule has 0 saturated heterocycles. The van der Waals surface area contributed by atoms with Crippen LogP contribution in [0.2, 0.25) is 0 Å². The van der Waals surface area contributed by atoms with Crippen LogP contribution in [0.4, 0.5) is 0 Å². The average Bonchev–Trinajstić information content (AvgIpc) is 2.40. The second kappa shape index (κ2) is 10.00. The van der Waals surface area contributed by atoms with Gasteiger partial charge in [0.05, 0.1) is 13.2 Å². The molecular formula is C14H23NO3. The van der Waals surface area contributed by atoms with E-state index in [0.29, 0.717) is 26.4 Å². The molecule has 0 aliphatic heterocycles.